The molecule has 0 radical (unpaired) electrons. The van der Waals surface area contributed by atoms with Crippen molar-refractivity contribution in [3.63, 3.8) is 0 Å². The molecule has 1 saturated carbocycles. The fraction of sp³-hybridized carbons (Fsp3) is 0.545. The minimum absolute atomic E-state index is 0.0743. The highest BCUT2D eigenvalue weighted by Crippen LogP contribution is 2.31. The monoisotopic (exact) mass is 227 g/mol. The molecule has 0 saturated heterocycles. The Morgan fingerprint density at radius 2 is 2.20 bits per heavy atom. The zero-order valence-corrected chi connectivity index (χ0v) is 9.62. The summed E-state index contributed by atoms with van der Waals surface area (Å²) in [5.74, 6) is 1.19. The number of hydrogen-bond donors (Lipinski definition) is 0. The molecule has 0 bridgehead atoms. The minimum Gasteiger partial charge on any atom is -0.489 e. The van der Waals surface area contributed by atoms with Gasteiger partial charge in [0.25, 0.3) is 0 Å². The first-order valence-corrected chi connectivity index (χ1v) is 5.52. The summed E-state index contributed by atoms with van der Waals surface area (Å²) < 4.78 is 11.0. The molecule has 0 aromatic carbocycles. The van der Waals surface area contributed by atoms with Crippen molar-refractivity contribution >= 4 is 11.6 Å². The molecule has 1 heterocycles. The normalized spacial score (nSPS) is 15.5. The summed E-state index contributed by atoms with van der Waals surface area (Å²) in [5.41, 5.74) is 0. The van der Waals surface area contributed by atoms with Gasteiger partial charge in [0.05, 0.1) is 18.4 Å². The Labute approximate surface area is 94.4 Å². The maximum atomic E-state index is 6.01. The van der Waals surface area contributed by atoms with E-state index >= 15 is 0 Å². The SMILES string of the molecule is CC(C)Oc1ncc(OC2CC2)cc1Cl. The van der Waals surface area contributed by atoms with Crippen LogP contribution >= 0.6 is 11.6 Å². The van der Waals surface area contributed by atoms with Crippen molar-refractivity contribution < 1.29 is 9.47 Å². The van der Waals surface area contributed by atoms with E-state index in [2.05, 4.69) is 4.98 Å². The van der Waals surface area contributed by atoms with Crippen molar-refractivity contribution in [2.24, 2.45) is 0 Å². The molecular formula is C11H14ClNO2. The number of pyridine rings is 1. The summed E-state index contributed by atoms with van der Waals surface area (Å²) in [5, 5.41) is 0.502. The molecule has 1 aromatic rings. The fourth-order valence-electron chi connectivity index (χ4n) is 1.16. The Bertz CT molecular complexity index is 350. The molecule has 1 aliphatic carbocycles. The highest BCUT2D eigenvalue weighted by Gasteiger charge is 2.24. The lowest BCUT2D eigenvalue weighted by Gasteiger charge is -2.11. The van der Waals surface area contributed by atoms with E-state index in [9.17, 15) is 0 Å². The molecule has 4 heteroatoms. The van der Waals surface area contributed by atoms with Gasteiger partial charge in [-0.2, -0.15) is 0 Å². The van der Waals surface area contributed by atoms with E-state index in [1.54, 1.807) is 12.3 Å². The molecule has 0 spiro atoms. The van der Waals surface area contributed by atoms with Gasteiger partial charge in [0.15, 0.2) is 0 Å². The lowest BCUT2D eigenvalue weighted by atomic mass is 10.4. The molecule has 1 fully saturated rings. The number of nitrogens with zero attached hydrogens (tertiary/aromatic N) is 1. The molecule has 0 amide bonds. The van der Waals surface area contributed by atoms with Crippen LogP contribution in [0.4, 0.5) is 0 Å². The molecule has 3 nitrogen and oxygen atoms in total. The van der Waals surface area contributed by atoms with Gasteiger partial charge in [-0.3, -0.25) is 0 Å². The van der Waals surface area contributed by atoms with Gasteiger partial charge in [0.2, 0.25) is 5.88 Å². The van der Waals surface area contributed by atoms with Gasteiger partial charge in [-0.05, 0) is 26.7 Å². The molecule has 0 N–H and O–H groups in total. The third-order valence-electron chi connectivity index (χ3n) is 1.96. The van der Waals surface area contributed by atoms with Crippen molar-refractivity contribution in [3.8, 4) is 11.6 Å². The maximum Gasteiger partial charge on any atom is 0.233 e. The summed E-state index contributed by atoms with van der Waals surface area (Å²) >= 11 is 6.01. The van der Waals surface area contributed by atoms with Crippen LogP contribution in [0.15, 0.2) is 12.3 Å². The molecule has 0 aliphatic heterocycles. The topological polar surface area (TPSA) is 31.4 Å². The third-order valence-corrected chi connectivity index (χ3v) is 2.23. The van der Waals surface area contributed by atoms with Crippen molar-refractivity contribution in [1.29, 1.82) is 0 Å². The Morgan fingerprint density at radius 3 is 2.73 bits per heavy atom. The molecule has 1 aliphatic rings. The van der Waals surface area contributed by atoms with Crippen LogP contribution in [0, 0.1) is 0 Å². The van der Waals surface area contributed by atoms with E-state index in [1.165, 1.54) is 0 Å². The molecular weight excluding hydrogens is 214 g/mol. The van der Waals surface area contributed by atoms with E-state index in [0.29, 0.717) is 17.0 Å². The molecule has 2 rings (SSSR count). The van der Waals surface area contributed by atoms with Gasteiger partial charge < -0.3 is 9.47 Å². The minimum atomic E-state index is 0.0743. The van der Waals surface area contributed by atoms with E-state index in [4.69, 9.17) is 21.1 Å². The number of ether oxygens (including phenoxy) is 2. The summed E-state index contributed by atoms with van der Waals surface area (Å²) in [4.78, 5) is 4.12. The van der Waals surface area contributed by atoms with Crippen molar-refractivity contribution in [1.82, 2.24) is 4.98 Å². The first-order valence-electron chi connectivity index (χ1n) is 5.14. The second-order valence-corrected chi connectivity index (χ2v) is 4.35. The van der Waals surface area contributed by atoms with E-state index in [0.717, 1.165) is 18.6 Å². The Morgan fingerprint density at radius 1 is 1.47 bits per heavy atom. The summed E-state index contributed by atoms with van der Waals surface area (Å²) in [6.45, 7) is 3.87. The Hall–Kier alpha value is -0.960. The summed E-state index contributed by atoms with van der Waals surface area (Å²) in [7, 11) is 0. The van der Waals surface area contributed by atoms with Crippen LogP contribution in [0.1, 0.15) is 26.7 Å². The van der Waals surface area contributed by atoms with Crippen molar-refractivity contribution in [3.05, 3.63) is 17.3 Å². The third kappa shape index (κ3) is 2.99. The lowest BCUT2D eigenvalue weighted by molar-refractivity contribution is 0.231. The van der Waals surface area contributed by atoms with E-state index < -0.39 is 0 Å². The molecule has 0 unspecified atom stereocenters. The standard InChI is InChI=1S/C11H14ClNO2/c1-7(2)14-11-10(12)5-9(6-13-11)15-8-3-4-8/h5-8H,3-4H2,1-2H3. The van der Waals surface area contributed by atoms with Crippen LogP contribution < -0.4 is 9.47 Å². The average Bonchev–Trinajstić information content (AvgIpc) is 2.93. The molecule has 0 atom stereocenters. The second-order valence-electron chi connectivity index (χ2n) is 3.94. The first-order chi connectivity index (χ1) is 7.15. The highest BCUT2D eigenvalue weighted by molar-refractivity contribution is 6.31. The predicted molar refractivity (Wildman–Crippen MR) is 58.7 cm³/mol. The summed E-state index contributed by atoms with van der Waals surface area (Å²) in [6.07, 6.45) is 4.34. The van der Waals surface area contributed by atoms with Gasteiger partial charge in [0.1, 0.15) is 10.8 Å². The second kappa shape index (κ2) is 4.27. The van der Waals surface area contributed by atoms with Crippen molar-refractivity contribution in [2.45, 2.75) is 38.9 Å². The number of hydrogen-bond acceptors (Lipinski definition) is 3. The fourth-order valence-corrected chi connectivity index (χ4v) is 1.36. The Kier molecular flexibility index (Phi) is 3.00. The van der Waals surface area contributed by atoms with Crippen LogP contribution in [-0.4, -0.2) is 17.2 Å². The van der Waals surface area contributed by atoms with Crippen LogP contribution in [-0.2, 0) is 0 Å². The van der Waals surface area contributed by atoms with Gasteiger partial charge in [-0.25, -0.2) is 4.98 Å². The summed E-state index contributed by atoms with van der Waals surface area (Å²) in [6, 6.07) is 1.75. The van der Waals surface area contributed by atoms with Gasteiger partial charge >= 0.3 is 0 Å². The lowest BCUT2D eigenvalue weighted by Crippen LogP contribution is -2.07. The smallest absolute Gasteiger partial charge is 0.233 e. The average molecular weight is 228 g/mol. The van der Waals surface area contributed by atoms with Crippen LogP contribution in [0.5, 0.6) is 11.6 Å². The van der Waals surface area contributed by atoms with Gasteiger partial charge in [-0.1, -0.05) is 11.6 Å². The number of halogens is 1. The van der Waals surface area contributed by atoms with Crippen LogP contribution in [0.2, 0.25) is 5.02 Å². The number of aromatic nitrogens is 1. The quantitative estimate of drug-likeness (QED) is 0.792. The zero-order valence-electron chi connectivity index (χ0n) is 8.87. The van der Waals surface area contributed by atoms with Crippen LogP contribution in [0.25, 0.3) is 0 Å². The predicted octanol–water partition coefficient (Wildman–Crippen LogP) is 3.06. The molecule has 15 heavy (non-hydrogen) atoms. The maximum absolute atomic E-state index is 6.01. The van der Waals surface area contributed by atoms with Crippen molar-refractivity contribution in [2.75, 3.05) is 0 Å². The largest absolute Gasteiger partial charge is 0.489 e. The molecule has 82 valence electrons. The first kappa shape index (κ1) is 10.6. The van der Waals surface area contributed by atoms with Gasteiger partial charge in [0, 0.05) is 6.07 Å². The Balaban J connectivity index is 2.07. The molecule has 1 aromatic heterocycles. The highest BCUT2D eigenvalue weighted by atomic mass is 35.5. The zero-order chi connectivity index (χ0) is 10.8. The van der Waals surface area contributed by atoms with E-state index in [1.807, 2.05) is 13.8 Å². The van der Waals surface area contributed by atoms with Crippen LogP contribution in [0.3, 0.4) is 0 Å². The van der Waals surface area contributed by atoms with E-state index in [-0.39, 0.29) is 6.10 Å². The number of rotatable bonds is 4. The van der Waals surface area contributed by atoms with Gasteiger partial charge in [-0.15, -0.1) is 0 Å².